The number of aryl methyl sites for hydroxylation is 2. The number of carbonyl (C=O) groups excluding carboxylic acids is 1. The van der Waals surface area contributed by atoms with E-state index >= 15 is 0 Å². The van der Waals surface area contributed by atoms with E-state index in [0.717, 1.165) is 35.6 Å². The Kier molecular flexibility index (Phi) is 5.07. The summed E-state index contributed by atoms with van der Waals surface area (Å²) in [6.07, 6.45) is 5.99. The molecule has 7 nitrogen and oxygen atoms in total. The van der Waals surface area contributed by atoms with E-state index in [2.05, 4.69) is 36.2 Å². The van der Waals surface area contributed by atoms with Crippen molar-refractivity contribution in [2.75, 3.05) is 7.05 Å². The lowest BCUT2D eigenvalue weighted by atomic mass is 10.1. The molecule has 142 valence electrons. The van der Waals surface area contributed by atoms with Gasteiger partial charge in [0.05, 0.1) is 18.3 Å². The molecule has 0 spiro atoms. The predicted octanol–water partition coefficient (Wildman–Crippen LogP) is 3.11. The molecule has 0 saturated heterocycles. The lowest BCUT2D eigenvalue weighted by molar-refractivity contribution is 0.200. The zero-order valence-corrected chi connectivity index (χ0v) is 16.7. The van der Waals surface area contributed by atoms with Gasteiger partial charge in [0.1, 0.15) is 5.82 Å². The molecule has 0 aromatic carbocycles. The van der Waals surface area contributed by atoms with Gasteiger partial charge in [0.2, 0.25) is 0 Å². The van der Waals surface area contributed by atoms with E-state index in [1.54, 1.807) is 11.1 Å². The van der Waals surface area contributed by atoms with Crippen LogP contribution < -0.4 is 5.32 Å². The molecule has 2 aromatic heterocycles. The third kappa shape index (κ3) is 3.61. The smallest absolute Gasteiger partial charge is 0.318 e. The number of aromatic nitrogens is 4. The van der Waals surface area contributed by atoms with Crippen LogP contribution in [-0.2, 0) is 13.6 Å². The SMILES string of the molecule is Cc1nn(C(C)C)c(C)c1CN(C)C(=O)N[C@@H](c1nccn1C)C1CC1. The summed E-state index contributed by atoms with van der Waals surface area (Å²) in [6.45, 7) is 8.86. The fourth-order valence-electron chi connectivity index (χ4n) is 3.48. The molecule has 0 bridgehead atoms. The molecule has 7 heteroatoms. The highest BCUT2D eigenvalue weighted by Gasteiger charge is 2.36. The molecule has 26 heavy (non-hydrogen) atoms. The van der Waals surface area contributed by atoms with Crippen LogP contribution in [0.4, 0.5) is 4.79 Å². The van der Waals surface area contributed by atoms with Gasteiger partial charge in [0.25, 0.3) is 0 Å². The first-order chi connectivity index (χ1) is 12.3. The Morgan fingerprint density at radius 1 is 1.38 bits per heavy atom. The molecule has 0 unspecified atom stereocenters. The van der Waals surface area contributed by atoms with Crippen LogP contribution in [0.2, 0.25) is 0 Å². The molecule has 3 rings (SSSR count). The molecule has 2 aromatic rings. The first-order valence-electron chi connectivity index (χ1n) is 9.33. The zero-order valence-electron chi connectivity index (χ0n) is 16.7. The van der Waals surface area contributed by atoms with Crippen LogP contribution >= 0.6 is 0 Å². The summed E-state index contributed by atoms with van der Waals surface area (Å²) in [7, 11) is 3.81. The van der Waals surface area contributed by atoms with Crippen LogP contribution in [0.1, 0.15) is 61.5 Å². The minimum Gasteiger partial charge on any atom is -0.336 e. The van der Waals surface area contributed by atoms with E-state index in [1.807, 2.05) is 36.5 Å². The standard InChI is InChI=1S/C19H30N6O/c1-12(2)25-14(4)16(13(3)22-25)11-24(6)19(26)21-17(15-7-8-15)18-20-9-10-23(18)5/h9-10,12,15,17H,7-8,11H2,1-6H3,(H,21,26)/t17-/m1/s1. The average Bonchev–Trinajstić information content (AvgIpc) is 3.28. The second-order valence-corrected chi connectivity index (χ2v) is 7.70. The first-order valence-corrected chi connectivity index (χ1v) is 9.33. The van der Waals surface area contributed by atoms with E-state index in [4.69, 9.17) is 0 Å². The molecule has 2 heterocycles. The largest absolute Gasteiger partial charge is 0.336 e. The zero-order chi connectivity index (χ0) is 19.0. The molecule has 0 radical (unpaired) electrons. The highest BCUT2D eigenvalue weighted by atomic mass is 16.2. The molecular formula is C19H30N6O. The second-order valence-electron chi connectivity index (χ2n) is 7.70. The third-order valence-corrected chi connectivity index (χ3v) is 5.21. The maximum Gasteiger partial charge on any atom is 0.318 e. The molecule has 1 fully saturated rings. The number of nitrogens with zero attached hydrogens (tertiary/aromatic N) is 5. The van der Waals surface area contributed by atoms with Crippen molar-refractivity contribution in [2.24, 2.45) is 13.0 Å². The van der Waals surface area contributed by atoms with Gasteiger partial charge in [-0.3, -0.25) is 4.68 Å². The number of carbonyl (C=O) groups is 1. The maximum atomic E-state index is 12.8. The number of hydrogen-bond acceptors (Lipinski definition) is 3. The number of imidazole rings is 1. The van der Waals surface area contributed by atoms with Gasteiger partial charge in [-0.2, -0.15) is 5.10 Å². The lowest BCUT2D eigenvalue weighted by Gasteiger charge is -2.23. The van der Waals surface area contributed by atoms with Crippen LogP contribution in [0.15, 0.2) is 12.4 Å². The van der Waals surface area contributed by atoms with Crippen molar-refractivity contribution in [3.8, 4) is 0 Å². The Morgan fingerprint density at radius 2 is 2.08 bits per heavy atom. The van der Waals surface area contributed by atoms with Crippen LogP contribution in [0.5, 0.6) is 0 Å². The molecule has 1 N–H and O–H groups in total. The Bertz CT molecular complexity index is 786. The summed E-state index contributed by atoms with van der Waals surface area (Å²) in [5.74, 6) is 1.41. The third-order valence-electron chi connectivity index (χ3n) is 5.21. The Balaban J connectivity index is 1.71. The van der Waals surface area contributed by atoms with Gasteiger partial charge in [-0.15, -0.1) is 0 Å². The molecule has 1 aliphatic rings. The fraction of sp³-hybridized carbons (Fsp3) is 0.632. The summed E-state index contributed by atoms with van der Waals surface area (Å²) in [4.78, 5) is 19.0. The summed E-state index contributed by atoms with van der Waals surface area (Å²) in [5, 5.41) is 7.81. The topological polar surface area (TPSA) is 68.0 Å². The van der Waals surface area contributed by atoms with Gasteiger partial charge in [0, 0.05) is 43.8 Å². The van der Waals surface area contributed by atoms with E-state index in [0.29, 0.717) is 18.5 Å². The number of nitrogens with one attached hydrogen (secondary N) is 1. The van der Waals surface area contributed by atoms with Crippen molar-refractivity contribution in [3.05, 3.63) is 35.2 Å². The van der Waals surface area contributed by atoms with Crippen LogP contribution in [-0.4, -0.2) is 37.3 Å². The minimum atomic E-state index is -0.0685. The van der Waals surface area contributed by atoms with E-state index in [9.17, 15) is 4.79 Å². The maximum absolute atomic E-state index is 12.8. The van der Waals surface area contributed by atoms with Gasteiger partial charge in [-0.05, 0) is 46.5 Å². The summed E-state index contributed by atoms with van der Waals surface area (Å²) < 4.78 is 4.02. The monoisotopic (exact) mass is 358 g/mol. The van der Waals surface area contributed by atoms with Gasteiger partial charge in [-0.1, -0.05) is 0 Å². The molecule has 0 aliphatic heterocycles. The van der Waals surface area contributed by atoms with Crippen LogP contribution in [0, 0.1) is 19.8 Å². The minimum absolute atomic E-state index is 0.0227. The van der Waals surface area contributed by atoms with Gasteiger partial charge < -0.3 is 14.8 Å². The van der Waals surface area contributed by atoms with Crippen molar-refractivity contribution in [2.45, 2.75) is 59.2 Å². The average molecular weight is 358 g/mol. The summed E-state index contributed by atoms with van der Waals surface area (Å²) in [6, 6.07) is 0.218. The highest BCUT2D eigenvalue weighted by molar-refractivity contribution is 5.74. The van der Waals surface area contributed by atoms with Gasteiger partial charge in [-0.25, -0.2) is 9.78 Å². The molecule has 1 atom stereocenters. The summed E-state index contributed by atoms with van der Waals surface area (Å²) >= 11 is 0. The lowest BCUT2D eigenvalue weighted by Crippen LogP contribution is -2.40. The van der Waals surface area contributed by atoms with E-state index < -0.39 is 0 Å². The highest BCUT2D eigenvalue weighted by Crippen LogP contribution is 2.40. The number of amides is 2. The molecular weight excluding hydrogens is 328 g/mol. The predicted molar refractivity (Wildman–Crippen MR) is 101 cm³/mol. The normalized spacial score (nSPS) is 15.3. The molecule has 1 saturated carbocycles. The first kappa shape index (κ1) is 18.5. The number of hydrogen-bond donors (Lipinski definition) is 1. The van der Waals surface area contributed by atoms with Gasteiger partial charge >= 0.3 is 6.03 Å². The summed E-state index contributed by atoms with van der Waals surface area (Å²) in [5.41, 5.74) is 3.23. The Morgan fingerprint density at radius 3 is 2.58 bits per heavy atom. The van der Waals surface area contributed by atoms with Crippen molar-refractivity contribution in [1.29, 1.82) is 0 Å². The van der Waals surface area contributed by atoms with Crippen LogP contribution in [0.25, 0.3) is 0 Å². The Hall–Kier alpha value is -2.31. The molecule has 2 amide bonds. The van der Waals surface area contributed by atoms with Crippen molar-refractivity contribution in [3.63, 3.8) is 0 Å². The van der Waals surface area contributed by atoms with Crippen LogP contribution in [0.3, 0.4) is 0 Å². The van der Waals surface area contributed by atoms with E-state index in [1.165, 1.54) is 0 Å². The molecule has 1 aliphatic carbocycles. The number of urea groups is 1. The van der Waals surface area contributed by atoms with Crippen molar-refractivity contribution >= 4 is 6.03 Å². The van der Waals surface area contributed by atoms with E-state index in [-0.39, 0.29) is 12.1 Å². The van der Waals surface area contributed by atoms with Crippen molar-refractivity contribution < 1.29 is 4.79 Å². The Labute approximate surface area is 155 Å². The quantitative estimate of drug-likeness (QED) is 0.863. The van der Waals surface area contributed by atoms with Crippen molar-refractivity contribution in [1.82, 2.24) is 29.5 Å². The second kappa shape index (κ2) is 7.13. The number of rotatable bonds is 6. The fourth-order valence-corrected chi connectivity index (χ4v) is 3.48. The van der Waals surface area contributed by atoms with Gasteiger partial charge in [0.15, 0.2) is 0 Å².